The molecule has 1 N–H and O–H groups in total. The Bertz CT molecular complexity index is 390. The largest absolute Gasteiger partial charge is 0.493 e. The zero-order chi connectivity index (χ0) is 15.7. The predicted octanol–water partition coefficient (Wildman–Crippen LogP) is 4.34. The van der Waals surface area contributed by atoms with Crippen LogP contribution in [0.4, 0.5) is 13.2 Å². The summed E-state index contributed by atoms with van der Waals surface area (Å²) in [6.07, 6.45) is -1.99. The average Bonchev–Trinajstić information content (AvgIpc) is 2.43. The Kier molecular flexibility index (Phi) is 7.57. The summed E-state index contributed by atoms with van der Waals surface area (Å²) in [7, 11) is 0. The van der Waals surface area contributed by atoms with Gasteiger partial charge < -0.3 is 10.1 Å². The quantitative estimate of drug-likeness (QED) is 0.733. The number of aryl methyl sites for hydroxylation is 1. The lowest BCUT2D eigenvalue weighted by Crippen LogP contribution is -2.27. The summed E-state index contributed by atoms with van der Waals surface area (Å²) in [6, 6.07) is 7.75. The summed E-state index contributed by atoms with van der Waals surface area (Å²) in [5, 5.41) is 3.42. The monoisotopic (exact) mass is 303 g/mol. The first-order valence-corrected chi connectivity index (χ1v) is 7.42. The molecule has 2 nitrogen and oxygen atoms in total. The fourth-order valence-electron chi connectivity index (χ4n) is 1.91. The molecule has 120 valence electrons. The summed E-state index contributed by atoms with van der Waals surface area (Å²) >= 11 is 0. The Morgan fingerprint density at radius 2 is 1.86 bits per heavy atom. The van der Waals surface area contributed by atoms with Gasteiger partial charge in [-0.05, 0) is 50.4 Å². The van der Waals surface area contributed by atoms with E-state index in [0.29, 0.717) is 11.8 Å². The van der Waals surface area contributed by atoms with Gasteiger partial charge in [0.2, 0.25) is 0 Å². The summed E-state index contributed by atoms with van der Waals surface area (Å²) in [6.45, 7) is 4.98. The van der Waals surface area contributed by atoms with Crippen LogP contribution < -0.4 is 10.1 Å². The number of nitrogens with one attached hydrogen (secondary N) is 1. The number of hydrogen-bond acceptors (Lipinski definition) is 2. The lowest BCUT2D eigenvalue weighted by molar-refractivity contribution is -0.139. The van der Waals surface area contributed by atoms with Crippen LogP contribution in [0.3, 0.4) is 0 Å². The highest BCUT2D eigenvalue weighted by molar-refractivity contribution is 5.27. The van der Waals surface area contributed by atoms with Gasteiger partial charge in [-0.3, -0.25) is 0 Å². The zero-order valence-electron chi connectivity index (χ0n) is 12.7. The minimum atomic E-state index is -4.17. The van der Waals surface area contributed by atoms with Crippen molar-refractivity contribution in [1.29, 1.82) is 0 Å². The Balaban J connectivity index is 2.30. The van der Waals surface area contributed by atoms with Gasteiger partial charge in [-0.1, -0.05) is 19.1 Å². The van der Waals surface area contributed by atoms with E-state index in [0.717, 1.165) is 25.8 Å². The van der Waals surface area contributed by atoms with Gasteiger partial charge in [-0.15, -0.1) is 0 Å². The summed E-state index contributed by atoms with van der Waals surface area (Å²) in [4.78, 5) is 0. The fraction of sp³-hybridized carbons (Fsp3) is 0.625. The molecular formula is C16H24F3NO. The minimum absolute atomic E-state index is 0.333. The Morgan fingerprint density at radius 3 is 2.43 bits per heavy atom. The maximum Gasteiger partial charge on any atom is 0.392 e. The predicted molar refractivity (Wildman–Crippen MR) is 78.7 cm³/mol. The van der Waals surface area contributed by atoms with Crippen molar-refractivity contribution in [2.45, 2.75) is 51.7 Å². The topological polar surface area (TPSA) is 21.3 Å². The van der Waals surface area contributed by atoms with Crippen LogP contribution in [0.2, 0.25) is 0 Å². The maximum absolute atomic E-state index is 12.0. The van der Waals surface area contributed by atoms with E-state index in [9.17, 15) is 13.2 Å². The lowest BCUT2D eigenvalue weighted by atomic mass is 10.1. The third-order valence-electron chi connectivity index (χ3n) is 3.19. The molecule has 1 atom stereocenters. The molecule has 1 aromatic rings. The second kappa shape index (κ2) is 8.93. The molecule has 0 spiro atoms. The van der Waals surface area contributed by atoms with Gasteiger partial charge in [-0.25, -0.2) is 0 Å². The molecule has 0 fully saturated rings. The molecule has 5 heteroatoms. The van der Waals surface area contributed by atoms with Crippen LogP contribution in [0.5, 0.6) is 5.75 Å². The number of ether oxygens (including phenoxy) is 1. The molecule has 1 aromatic carbocycles. The Morgan fingerprint density at radius 1 is 1.19 bits per heavy atom. The van der Waals surface area contributed by atoms with Gasteiger partial charge in [0.15, 0.2) is 0 Å². The Hall–Kier alpha value is -1.23. The van der Waals surface area contributed by atoms with Crippen LogP contribution in [0.25, 0.3) is 0 Å². The van der Waals surface area contributed by atoms with Crippen LogP contribution in [0, 0.1) is 0 Å². The standard InChI is InChI=1S/C16H24F3NO/c1-3-11-20-13(2)4-5-14-6-8-15(9-7-14)21-12-10-16(17,18)19/h6-9,13,20H,3-5,10-12H2,1-2H3. The van der Waals surface area contributed by atoms with Crippen LogP contribution in [0.15, 0.2) is 24.3 Å². The van der Waals surface area contributed by atoms with Crippen LogP contribution >= 0.6 is 0 Å². The van der Waals surface area contributed by atoms with E-state index < -0.39 is 12.6 Å². The number of rotatable bonds is 9. The first-order chi connectivity index (χ1) is 9.90. The molecule has 0 saturated heterocycles. The van der Waals surface area contributed by atoms with E-state index in [4.69, 9.17) is 4.74 Å². The van der Waals surface area contributed by atoms with Gasteiger partial charge in [0.05, 0.1) is 13.0 Å². The summed E-state index contributed by atoms with van der Waals surface area (Å²) < 4.78 is 41.1. The van der Waals surface area contributed by atoms with Crippen molar-refractivity contribution < 1.29 is 17.9 Å². The molecule has 21 heavy (non-hydrogen) atoms. The summed E-state index contributed by atoms with van der Waals surface area (Å²) in [5.41, 5.74) is 1.17. The van der Waals surface area contributed by atoms with E-state index in [2.05, 4.69) is 19.2 Å². The van der Waals surface area contributed by atoms with Gasteiger partial charge in [0.25, 0.3) is 0 Å². The molecule has 0 radical (unpaired) electrons. The van der Waals surface area contributed by atoms with E-state index in [1.54, 1.807) is 12.1 Å². The molecular weight excluding hydrogens is 279 g/mol. The average molecular weight is 303 g/mol. The van der Waals surface area contributed by atoms with Crippen molar-refractivity contribution in [2.75, 3.05) is 13.2 Å². The number of hydrogen-bond donors (Lipinski definition) is 1. The molecule has 0 bridgehead atoms. The molecule has 1 rings (SSSR count). The van der Waals surface area contributed by atoms with E-state index >= 15 is 0 Å². The smallest absolute Gasteiger partial charge is 0.392 e. The highest BCUT2D eigenvalue weighted by Gasteiger charge is 2.26. The highest BCUT2D eigenvalue weighted by Crippen LogP contribution is 2.20. The van der Waals surface area contributed by atoms with Crippen LogP contribution in [-0.2, 0) is 6.42 Å². The van der Waals surface area contributed by atoms with E-state index in [1.807, 2.05) is 12.1 Å². The van der Waals surface area contributed by atoms with Crippen molar-refractivity contribution in [3.63, 3.8) is 0 Å². The molecule has 0 aromatic heterocycles. The van der Waals surface area contributed by atoms with Crippen molar-refractivity contribution in [2.24, 2.45) is 0 Å². The van der Waals surface area contributed by atoms with Gasteiger partial charge in [0, 0.05) is 6.04 Å². The first-order valence-electron chi connectivity index (χ1n) is 7.42. The van der Waals surface area contributed by atoms with Crippen molar-refractivity contribution in [3.8, 4) is 5.75 Å². The van der Waals surface area contributed by atoms with Crippen molar-refractivity contribution in [3.05, 3.63) is 29.8 Å². The second-order valence-electron chi connectivity index (χ2n) is 5.25. The number of alkyl halides is 3. The lowest BCUT2D eigenvalue weighted by Gasteiger charge is -2.13. The molecule has 0 heterocycles. The van der Waals surface area contributed by atoms with E-state index in [-0.39, 0.29) is 6.61 Å². The van der Waals surface area contributed by atoms with Crippen molar-refractivity contribution in [1.82, 2.24) is 5.32 Å². The molecule has 0 aliphatic heterocycles. The normalized spacial score (nSPS) is 13.2. The number of benzene rings is 1. The molecule has 1 unspecified atom stereocenters. The first kappa shape index (κ1) is 17.8. The maximum atomic E-state index is 12.0. The molecule has 0 amide bonds. The van der Waals surface area contributed by atoms with Gasteiger partial charge >= 0.3 is 6.18 Å². The SMILES string of the molecule is CCCNC(C)CCc1ccc(OCCC(F)(F)F)cc1. The van der Waals surface area contributed by atoms with Crippen LogP contribution in [0.1, 0.15) is 38.7 Å². The third kappa shape index (κ3) is 8.60. The molecule has 0 aliphatic rings. The van der Waals surface area contributed by atoms with Crippen LogP contribution in [-0.4, -0.2) is 25.4 Å². The molecule has 0 saturated carbocycles. The fourth-order valence-corrected chi connectivity index (χ4v) is 1.91. The van der Waals surface area contributed by atoms with Gasteiger partial charge in [-0.2, -0.15) is 13.2 Å². The highest BCUT2D eigenvalue weighted by atomic mass is 19.4. The van der Waals surface area contributed by atoms with Crippen molar-refractivity contribution >= 4 is 0 Å². The van der Waals surface area contributed by atoms with Gasteiger partial charge in [0.1, 0.15) is 5.75 Å². The third-order valence-corrected chi connectivity index (χ3v) is 3.19. The van der Waals surface area contributed by atoms with E-state index in [1.165, 1.54) is 5.56 Å². The second-order valence-corrected chi connectivity index (χ2v) is 5.25. The zero-order valence-corrected chi connectivity index (χ0v) is 12.7. The minimum Gasteiger partial charge on any atom is -0.493 e. The molecule has 0 aliphatic carbocycles. The Labute approximate surface area is 124 Å². The summed E-state index contributed by atoms with van der Waals surface area (Å²) in [5.74, 6) is 0.486. The number of halogens is 3.